The Morgan fingerprint density at radius 1 is 0.857 bits per heavy atom. The zero-order valence-corrected chi connectivity index (χ0v) is 13.1. The third-order valence-electron chi connectivity index (χ3n) is 4.46. The molecule has 1 unspecified atom stereocenters. The summed E-state index contributed by atoms with van der Waals surface area (Å²) in [5.74, 6) is 0. The second-order valence-electron chi connectivity index (χ2n) is 5.98. The number of anilines is 1. The highest BCUT2D eigenvalue weighted by molar-refractivity contribution is 5.61. The molecule has 0 amide bonds. The van der Waals surface area contributed by atoms with Gasteiger partial charge in [-0.3, -0.25) is 7.05 Å². The summed E-state index contributed by atoms with van der Waals surface area (Å²) in [5, 5.41) is 0. The molecule has 0 spiro atoms. The molecule has 1 saturated heterocycles. The van der Waals surface area contributed by atoms with Crippen LogP contribution in [0, 0.1) is 27.8 Å². The van der Waals surface area contributed by atoms with Crippen LogP contribution in [0.1, 0.15) is 28.4 Å². The molecular weight excluding hydrogens is 256 g/mol. The maximum Gasteiger partial charge on any atom is 0.0814 e. The van der Waals surface area contributed by atoms with E-state index in [0.717, 1.165) is 13.1 Å². The minimum absolute atomic E-state index is 0.228. The van der Waals surface area contributed by atoms with Crippen LogP contribution >= 0.6 is 0 Å². The number of para-hydroxylation sites is 1. The maximum atomic E-state index is 4.26. The van der Waals surface area contributed by atoms with Gasteiger partial charge in [0.25, 0.3) is 0 Å². The van der Waals surface area contributed by atoms with Crippen molar-refractivity contribution in [1.82, 2.24) is 4.90 Å². The van der Waals surface area contributed by atoms with Gasteiger partial charge in [-0.15, -0.1) is 0 Å². The highest BCUT2D eigenvalue weighted by atomic mass is 15.4. The highest BCUT2D eigenvalue weighted by Gasteiger charge is 2.29. The van der Waals surface area contributed by atoms with Gasteiger partial charge >= 0.3 is 0 Å². The van der Waals surface area contributed by atoms with E-state index in [1.807, 2.05) is 0 Å². The van der Waals surface area contributed by atoms with E-state index >= 15 is 0 Å². The van der Waals surface area contributed by atoms with E-state index in [1.54, 1.807) is 0 Å². The number of hydrogen-bond donors (Lipinski definition) is 0. The second-order valence-corrected chi connectivity index (χ2v) is 5.98. The summed E-state index contributed by atoms with van der Waals surface area (Å²) in [6.45, 7) is 8.59. The van der Waals surface area contributed by atoms with Crippen molar-refractivity contribution >= 4 is 5.69 Å². The minimum atomic E-state index is 0.228. The zero-order chi connectivity index (χ0) is 15.0. The van der Waals surface area contributed by atoms with Gasteiger partial charge in [0, 0.05) is 12.2 Å². The predicted molar refractivity (Wildman–Crippen MR) is 89.2 cm³/mol. The van der Waals surface area contributed by atoms with Crippen molar-refractivity contribution in [3.8, 4) is 0 Å². The normalized spacial score (nSPS) is 19.2. The van der Waals surface area contributed by atoms with Crippen LogP contribution in [-0.4, -0.2) is 18.0 Å². The van der Waals surface area contributed by atoms with Crippen molar-refractivity contribution in [2.45, 2.75) is 26.9 Å². The molecule has 0 radical (unpaired) electrons. The van der Waals surface area contributed by atoms with Crippen LogP contribution in [0.4, 0.5) is 5.69 Å². The van der Waals surface area contributed by atoms with Crippen LogP contribution in [-0.2, 0) is 0 Å². The third kappa shape index (κ3) is 2.44. The van der Waals surface area contributed by atoms with E-state index < -0.39 is 0 Å². The molecule has 2 heteroatoms. The van der Waals surface area contributed by atoms with E-state index in [2.05, 4.69) is 80.1 Å². The number of hydrogen-bond acceptors (Lipinski definition) is 2. The Hall–Kier alpha value is -1.80. The number of nitrogens with zero attached hydrogens (tertiary/aromatic N) is 2. The quantitative estimate of drug-likeness (QED) is 0.759. The van der Waals surface area contributed by atoms with Gasteiger partial charge in [0.2, 0.25) is 0 Å². The topological polar surface area (TPSA) is 6.48 Å². The largest absolute Gasteiger partial charge is 0.435 e. The number of benzene rings is 2. The summed E-state index contributed by atoms with van der Waals surface area (Å²) in [6.07, 6.45) is 0.228. The summed E-state index contributed by atoms with van der Waals surface area (Å²) in [4.78, 5) is 4.70. The van der Waals surface area contributed by atoms with E-state index in [0.29, 0.717) is 0 Å². The van der Waals surface area contributed by atoms with Crippen molar-refractivity contribution < 1.29 is 0 Å². The zero-order valence-electron chi connectivity index (χ0n) is 13.1. The summed E-state index contributed by atoms with van der Waals surface area (Å²) in [6, 6.07) is 15.2. The lowest BCUT2D eigenvalue weighted by Gasteiger charge is -2.36. The molecule has 2 aromatic rings. The van der Waals surface area contributed by atoms with E-state index in [4.69, 9.17) is 0 Å². The molecule has 1 atom stereocenters. The molecule has 0 aromatic heterocycles. The molecule has 1 aliphatic heterocycles. The van der Waals surface area contributed by atoms with Crippen LogP contribution in [0.25, 0.3) is 0 Å². The van der Waals surface area contributed by atoms with Crippen molar-refractivity contribution in [3.63, 3.8) is 0 Å². The van der Waals surface area contributed by atoms with Gasteiger partial charge in [0.05, 0.1) is 6.17 Å². The van der Waals surface area contributed by atoms with Gasteiger partial charge in [0.15, 0.2) is 0 Å². The Labute approximate surface area is 128 Å². The first kappa shape index (κ1) is 14.2. The highest BCUT2D eigenvalue weighted by Crippen LogP contribution is 2.38. The molecule has 2 nitrogen and oxygen atoms in total. The Bertz CT molecular complexity index is 628. The van der Waals surface area contributed by atoms with Crippen molar-refractivity contribution in [2.24, 2.45) is 0 Å². The Morgan fingerprint density at radius 2 is 1.48 bits per heavy atom. The summed E-state index contributed by atoms with van der Waals surface area (Å²) in [7, 11) is 4.26. The molecule has 3 rings (SSSR count). The summed E-state index contributed by atoms with van der Waals surface area (Å²) >= 11 is 0. The average Bonchev–Trinajstić information content (AvgIpc) is 2.81. The first-order valence-corrected chi connectivity index (χ1v) is 7.55. The fourth-order valence-corrected chi connectivity index (χ4v) is 3.41. The molecule has 21 heavy (non-hydrogen) atoms. The van der Waals surface area contributed by atoms with Crippen molar-refractivity contribution in [2.75, 3.05) is 18.0 Å². The Balaban J connectivity index is 2.08. The summed E-state index contributed by atoms with van der Waals surface area (Å²) in [5.41, 5.74) is 6.71. The van der Waals surface area contributed by atoms with E-state index in [-0.39, 0.29) is 6.17 Å². The molecular formula is C19H23N2-. The van der Waals surface area contributed by atoms with Gasteiger partial charge in [-0.05, 0) is 49.6 Å². The Morgan fingerprint density at radius 3 is 2.14 bits per heavy atom. The fraction of sp³-hybridized carbons (Fsp3) is 0.316. The van der Waals surface area contributed by atoms with E-state index in [1.165, 1.54) is 27.9 Å². The molecule has 1 heterocycles. The first-order valence-electron chi connectivity index (χ1n) is 7.55. The SMILES string of the molecule is [CH2-]N1CCN(c2c(C)cccc2C)C1c1ccccc1C. The molecule has 110 valence electrons. The number of aryl methyl sites for hydroxylation is 3. The molecule has 2 aromatic carbocycles. The lowest BCUT2D eigenvalue weighted by molar-refractivity contribution is 0.352. The molecule has 0 bridgehead atoms. The smallest absolute Gasteiger partial charge is 0.0814 e. The van der Waals surface area contributed by atoms with Gasteiger partial charge in [0.1, 0.15) is 0 Å². The molecule has 0 aliphatic carbocycles. The molecule has 0 saturated carbocycles. The second kappa shape index (κ2) is 5.53. The lowest BCUT2D eigenvalue weighted by atomic mass is 10.0. The number of rotatable bonds is 2. The standard InChI is InChI=1S/C19H23N2/c1-14-8-5-6-11-17(14)19-20(4)12-13-21(19)18-15(2)9-7-10-16(18)3/h5-11,19H,4,12-13H2,1-3H3/q-1. The monoisotopic (exact) mass is 279 g/mol. The molecule has 1 aliphatic rings. The third-order valence-corrected chi connectivity index (χ3v) is 4.46. The van der Waals surface area contributed by atoms with Crippen LogP contribution in [0.3, 0.4) is 0 Å². The average molecular weight is 279 g/mol. The minimum Gasteiger partial charge on any atom is -0.435 e. The molecule has 1 fully saturated rings. The van der Waals surface area contributed by atoms with Crippen LogP contribution in [0.15, 0.2) is 42.5 Å². The predicted octanol–water partition coefficient (Wildman–Crippen LogP) is 4.22. The van der Waals surface area contributed by atoms with Gasteiger partial charge < -0.3 is 9.80 Å². The maximum absolute atomic E-state index is 4.26. The fourth-order valence-electron chi connectivity index (χ4n) is 3.41. The summed E-state index contributed by atoms with van der Waals surface area (Å²) < 4.78 is 0. The van der Waals surface area contributed by atoms with Gasteiger partial charge in [-0.1, -0.05) is 42.5 Å². The van der Waals surface area contributed by atoms with Gasteiger partial charge in [-0.2, -0.15) is 0 Å². The van der Waals surface area contributed by atoms with Crippen LogP contribution in [0.5, 0.6) is 0 Å². The van der Waals surface area contributed by atoms with Gasteiger partial charge in [-0.25, -0.2) is 0 Å². The Kier molecular flexibility index (Phi) is 3.73. The van der Waals surface area contributed by atoms with E-state index in [9.17, 15) is 0 Å². The van der Waals surface area contributed by atoms with Crippen LogP contribution < -0.4 is 4.90 Å². The van der Waals surface area contributed by atoms with Crippen LogP contribution in [0.2, 0.25) is 0 Å². The molecule has 0 N–H and O–H groups in total. The van der Waals surface area contributed by atoms with Crippen molar-refractivity contribution in [3.05, 3.63) is 71.8 Å². The first-order chi connectivity index (χ1) is 10.1. The lowest BCUT2D eigenvalue weighted by Crippen LogP contribution is -2.29. The van der Waals surface area contributed by atoms with Crippen molar-refractivity contribution in [1.29, 1.82) is 0 Å².